The first-order valence-electron chi connectivity index (χ1n) is 5.99. The molecule has 0 fully saturated rings. The normalized spacial score (nSPS) is 11.9. The second-order valence-electron chi connectivity index (χ2n) is 4.26. The maximum Gasteiger partial charge on any atom is 0.169 e. The summed E-state index contributed by atoms with van der Waals surface area (Å²) in [5.74, 6) is 0.750. The van der Waals surface area contributed by atoms with Crippen LogP contribution in [0.4, 0.5) is 0 Å². The number of Topliss-reactive ketones (excluding diaryl/α,β-unsaturated/α-hetero) is 1. The van der Waals surface area contributed by atoms with Gasteiger partial charge in [-0.3, -0.25) is 4.79 Å². The van der Waals surface area contributed by atoms with Gasteiger partial charge in [-0.15, -0.1) is 0 Å². The predicted molar refractivity (Wildman–Crippen MR) is 72.6 cm³/mol. The Bertz CT molecular complexity index is 515. The van der Waals surface area contributed by atoms with E-state index in [1.54, 1.807) is 6.92 Å². The topological polar surface area (TPSA) is 26.3 Å². The van der Waals surface area contributed by atoms with Crippen molar-refractivity contribution in [1.29, 1.82) is 0 Å². The van der Waals surface area contributed by atoms with Gasteiger partial charge in [-0.05, 0) is 37.1 Å². The zero-order valence-corrected chi connectivity index (χ0v) is 10.6. The molecule has 0 radical (unpaired) electrons. The van der Waals surface area contributed by atoms with E-state index in [4.69, 9.17) is 4.74 Å². The van der Waals surface area contributed by atoms with Gasteiger partial charge in [-0.1, -0.05) is 42.5 Å². The number of benzene rings is 2. The quantitative estimate of drug-likeness (QED) is 0.814. The van der Waals surface area contributed by atoms with E-state index in [2.05, 4.69) is 12.1 Å². The van der Waals surface area contributed by atoms with Crippen molar-refractivity contribution in [1.82, 2.24) is 0 Å². The maximum atomic E-state index is 11.1. The smallest absolute Gasteiger partial charge is 0.169 e. The third-order valence-electron chi connectivity index (χ3n) is 2.85. The Kier molecular flexibility index (Phi) is 3.78. The molecular weight excluding hydrogens is 224 g/mol. The molecule has 2 aromatic rings. The highest BCUT2D eigenvalue weighted by Gasteiger charge is 2.08. The van der Waals surface area contributed by atoms with E-state index >= 15 is 0 Å². The van der Waals surface area contributed by atoms with Crippen LogP contribution in [-0.4, -0.2) is 11.9 Å². The monoisotopic (exact) mass is 240 g/mol. The largest absolute Gasteiger partial charge is 0.483 e. The van der Waals surface area contributed by atoms with Crippen LogP contribution in [0, 0.1) is 0 Å². The van der Waals surface area contributed by atoms with E-state index in [0.717, 1.165) is 11.3 Å². The van der Waals surface area contributed by atoms with Gasteiger partial charge < -0.3 is 4.74 Å². The van der Waals surface area contributed by atoms with E-state index in [9.17, 15) is 4.79 Å². The first-order chi connectivity index (χ1) is 8.66. The number of carbonyl (C=O) groups is 1. The second kappa shape index (κ2) is 5.50. The van der Waals surface area contributed by atoms with Crippen LogP contribution in [0.1, 0.15) is 13.8 Å². The molecule has 0 saturated carbocycles. The number of hydrogen-bond acceptors (Lipinski definition) is 2. The molecule has 0 aliphatic heterocycles. The van der Waals surface area contributed by atoms with Crippen molar-refractivity contribution < 1.29 is 9.53 Å². The molecule has 2 heteroatoms. The van der Waals surface area contributed by atoms with Gasteiger partial charge in [0.25, 0.3) is 0 Å². The number of ether oxygens (including phenoxy) is 1. The van der Waals surface area contributed by atoms with Crippen molar-refractivity contribution >= 4 is 5.78 Å². The van der Waals surface area contributed by atoms with Crippen LogP contribution in [-0.2, 0) is 4.79 Å². The SMILES string of the molecule is CC(=O)[C@H](C)Oc1ccc(-c2ccccc2)cc1. The minimum Gasteiger partial charge on any atom is -0.483 e. The highest BCUT2D eigenvalue weighted by Crippen LogP contribution is 2.22. The molecule has 0 N–H and O–H groups in total. The molecule has 0 aliphatic carbocycles. The third kappa shape index (κ3) is 2.98. The van der Waals surface area contributed by atoms with E-state index in [0.29, 0.717) is 0 Å². The van der Waals surface area contributed by atoms with Crippen LogP contribution in [0.5, 0.6) is 5.75 Å². The summed E-state index contributed by atoms with van der Waals surface area (Å²) in [5.41, 5.74) is 2.31. The molecule has 2 nitrogen and oxygen atoms in total. The molecule has 92 valence electrons. The zero-order chi connectivity index (χ0) is 13.0. The van der Waals surface area contributed by atoms with Crippen LogP contribution in [0.15, 0.2) is 54.6 Å². The predicted octanol–water partition coefficient (Wildman–Crippen LogP) is 3.71. The summed E-state index contributed by atoms with van der Waals surface area (Å²) in [6, 6.07) is 17.9. The van der Waals surface area contributed by atoms with Crippen molar-refractivity contribution in [3.63, 3.8) is 0 Å². The summed E-state index contributed by atoms with van der Waals surface area (Å²) in [4.78, 5) is 11.1. The third-order valence-corrected chi connectivity index (χ3v) is 2.85. The Morgan fingerprint density at radius 3 is 2.06 bits per heavy atom. The summed E-state index contributed by atoms with van der Waals surface area (Å²) >= 11 is 0. The number of rotatable bonds is 4. The van der Waals surface area contributed by atoms with Crippen molar-refractivity contribution in [2.24, 2.45) is 0 Å². The minimum atomic E-state index is -0.396. The van der Waals surface area contributed by atoms with E-state index in [-0.39, 0.29) is 5.78 Å². The van der Waals surface area contributed by atoms with Gasteiger partial charge in [0.05, 0.1) is 0 Å². The van der Waals surface area contributed by atoms with Gasteiger partial charge in [0.2, 0.25) is 0 Å². The fourth-order valence-corrected chi connectivity index (χ4v) is 1.64. The molecule has 0 spiro atoms. The number of ketones is 1. The standard InChI is InChI=1S/C16H16O2/c1-12(17)13(2)18-16-10-8-15(9-11-16)14-6-4-3-5-7-14/h3-11,13H,1-2H3/t13-/m0/s1. The second-order valence-corrected chi connectivity index (χ2v) is 4.26. The molecular formula is C16H16O2. The lowest BCUT2D eigenvalue weighted by atomic mass is 10.1. The molecule has 0 aliphatic rings. The summed E-state index contributed by atoms with van der Waals surface area (Å²) in [6.07, 6.45) is -0.396. The summed E-state index contributed by atoms with van der Waals surface area (Å²) in [7, 11) is 0. The first kappa shape index (κ1) is 12.4. The van der Waals surface area contributed by atoms with Crippen LogP contribution < -0.4 is 4.74 Å². The minimum absolute atomic E-state index is 0.0298. The summed E-state index contributed by atoms with van der Waals surface area (Å²) in [5, 5.41) is 0. The van der Waals surface area contributed by atoms with Crippen molar-refractivity contribution in [2.45, 2.75) is 20.0 Å². The van der Waals surface area contributed by atoms with Gasteiger partial charge in [-0.2, -0.15) is 0 Å². The van der Waals surface area contributed by atoms with Crippen molar-refractivity contribution in [2.75, 3.05) is 0 Å². The summed E-state index contributed by atoms with van der Waals surface area (Å²) in [6.45, 7) is 3.29. The Balaban J connectivity index is 2.13. The molecule has 0 saturated heterocycles. The molecule has 2 aromatic carbocycles. The van der Waals surface area contributed by atoms with Crippen molar-refractivity contribution in [3.05, 3.63) is 54.6 Å². The van der Waals surface area contributed by atoms with E-state index in [1.807, 2.05) is 42.5 Å². The van der Waals surface area contributed by atoms with E-state index in [1.165, 1.54) is 12.5 Å². The molecule has 0 aromatic heterocycles. The molecule has 1 atom stereocenters. The molecule has 0 amide bonds. The Labute approximate surface area is 107 Å². The fraction of sp³-hybridized carbons (Fsp3) is 0.188. The number of hydrogen-bond donors (Lipinski definition) is 0. The average Bonchev–Trinajstić information content (AvgIpc) is 2.40. The Hall–Kier alpha value is -2.09. The van der Waals surface area contributed by atoms with Crippen molar-refractivity contribution in [3.8, 4) is 16.9 Å². The maximum absolute atomic E-state index is 11.1. The Morgan fingerprint density at radius 2 is 1.50 bits per heavy atom. The fourth-order valence-electron chi connectivity index (χ4n) is 1.64. The highest BCUT2D eigenvalue weighted by atomic mass is 16.5. The molecule has 0 unspecified atom stereocenters. The lowest BCUT2D eigenvalue weighted by Gasteiger charge is -2.11. The highest BCUT2D eigenvalue weighted by molar-refractivity contribution is 5.80. The van der Waals surface area contributed by atoms with Crippen LogP contribution in [0.25, 0.3) is 11.1 Å². The van der Waals surface area contributed by atoms with Gasteiger partial charge in [0.15, 0.2) is 11.9 Å². The lowest BCUT2D eigenvalue weighted by molar-refractivity contribution is -0.122. The number of carbonyl (C=O) groups excluding carboxylic acids is 1. The van der Waals surface area contributed by atoms with E-state index < -0.39 is 6.10 Å². The lowest BCUT2D eigenvalue weighted by Crippen LogP contribution is -2.20. The molecule has 0 bridgehead atoms. The van der Waals surface area contributed by atoms with Gasteiger partial charge in [-0.25, -0.2) is 0 Å². The van der Waals surface area contributed by atoms with Crippen LogP contribution in [0.3, 0.4) is 0 Å². The summed E-state index contributed by atoms with van der Waals surface area (Å²) < 4.78 is 5.52. The molecule has 0 heterocycles. The average molecular weight is 240 g/mol. The molecule has 2 rings (SSSR count). The Morgan fingerprint density at radius 1 is 0.944 bits per heavy atom. The van der Waals surface area contributed by atoms with Crippen LogP contribution in [0.2, 0.25) is 0 Å². The van der Waals surface area contributed by atoms with Crippen LogP contribution >= 0.6 is 0 Å². The zero-order valence-electron chi connectivity index (χ0n) is 10.6. The van der Waals surface area contributed by atoms with Gasteiger partial charge >= 0.3 is 0 Å². The first-order valence-corrected chi connectivity index (χ1v) is 5.99. The van der Waals surface area contributed by atoms with Gasteiger partial charge in [0, 0.05) is 0 Å². The van der Waals surface area contributed by atoms with Gasteiger partial charge in [0.1, 0.15) is 5.75 Å². The molecule has 18 heavy (non-hydrogen) atoms.